The van der Waals surface area contributed by atoms with E-state index in [2.05, 4.69) is 31.4 Å². The minimum atomic E-state index is -0.917. The highest BCUT2D eigenvalue weighted by Crippen LogP contribution is 2.22. The van der Waals surface area contributed by atoms with E-state index < -0.39 is 6.10 Å². The Bertz CT molecular complexity index is 700. The molecule has 1 heterocycles. The molecule has 0 fully saturated rings. The molecule has 0 radical (unpaired) electrons. The third-order valence-electron chi connectivity index (χ3n) is 3.79. The van der Waals surface area contributed by atoms with Crippen molar-refractivity contribution in [1.82, 2.24) is 10.6 Å². The highest BCUT2D eigenvalue weighted by Gasteiger charge is 2.15. The molecule has 0 spiro atoms. The summed E-state index contributed by atoms with van der Waals surface area (Å²) in [4.78, 5) is 23.9. The monoisotopic (exact) mass is 344 g/mol. The number of aliphatic hydroxyl groups is 1. The predicted molar refractivity (Wildman–Crippen MR) is 94.2 cm³/mol. The number of amides is 2. The zero-order chi connectivity index (χ0) is 18.4. The summed E-state index contributed by atoms with van der Waals surface area (Å²) in [5, 5.41) is 14.9. The molecule has 1 atom stereocenters. The van der Waals surface area contributed by atoms with Gasteiger partial charge in [0.2, 0.25) is 5.91 Å². The van der Waals surface area contributed by atoms with E-state index in [0.717, 1.165) is 5.56 Å². The summed E-state index contributed by atoms with van der Waals surface area (Å²) in [7, 11) is 0. The lowest BCUT2D eigenvalue weighted by atomic mass is 9.87. The Morgan fingerprint density at radius 2 is 1.80 bits per heavy atom. The molecule has 2 aromatic rings. The molecule has 0 saturated heterocycles. The van der Waals surface area contributed by atoms with Crippen molar-refractivity contribution in [2.75, 3.05) is 13.1 Å². The van der Waals surface area contributed by atoms with Gasteiger partial charge in [-0.25, -0.2) is 0 Å². The van der Waals surface area contributed by atoms with Crippen LogP contribution in [0, 0.1) is 0 Å². The van der Waals surface area contributed by atoms with Crippen LogP contribution in [-0.2, 0) is 10.2 Å². The fourth-order valence-corrected chi connectivity index (χ4v) is 2.24. The summed E-state index contributed by atoms with van der Waals surface area (Å²) in [5.74, 6) is -0.323. The van der Waals surface area contributed by atoms with E-state index >= 15 is 0 Å². The van der Waals surface area contributed by atoms with Crippen molar-refractivity contribution in [2.24, 2.45) is 0 Å². The zero-order valence-corrected chi connectivity index (χ0v) is 14.7. The van der Waals surface area contributed by atoms with Crippen molar-refractivity contribution in [3.8, 4) is 0 Å². The lowest BCUT2D eigenvalue weighted by Gasteiger charge is -2.19. The summed E-state index contributed by atoms with van der Waals surface area (Å²) in [5.41, 5.74) is 1.65. The molecule has 6 nitrogen and oxygen atoms in total. The smallest absolute Gasteiger partial charge is 0.251 e. The van der Waals surface area contributed by atoms with Crippen LogP contribution in [0.1, 0.15) is 48.6 Å². The van der Waals surface area contributed by atoms with Gasteiger partial charge >= 0.3 is 0 Å². The molecule has 3 N–H and O–H groups in total. The third kappa shape index (κ3) is 5.46. The van der Waals surface area contributed by atoms with Gasteiger partial charge in [0.15, 0.2) is 0 Å². The maximum absolute atomic E-state index is 12.1. The van der Waals surface area contributed by atoms with E-state index in [1.807, 2.05) is 12.1 Å². The van der Waals surface area contributed by atoms with Crippen molar-refractivity contribution >= 4 is 11.8 Å². The Morgan fingerprint density at radius 3 is 2.36 bits per heavy atom. The summed E-state index contributed by atoms with van der Waals surface area (Å²) < 4.78 is 5.05. The molecule has 0 saturated carbocycles. The standard InChI is InChI=1S/C19H24N2O4/c1-19(2,3)14-8-6-13(7-9-14)18(24)21-12-17(23)20-11-15(22)16-5-4-10-25-16/h4-10,15,22H,11-12H2,1-3H3,(H,20,23)(H,21,24). The SMILES string of the molecule is CC(C)(C)c1ccc(C(=O)NCC(=O)NCC(O)c2ccco2)cc1. The number of rotatable bonds is 6. The molecule has 6 heteroatoms. The van der Waals surface area contributed by atoms with Crippen molar-refractivity contribution < 1.29 is 19.1 Å². The fourth-order valence-electron chi connectivity index (χ4n) is 2.24. The van der Waals surface area contributed by atoms with Gasteiger partial charge in [0.05, 0.1) is 19.4 Å². The van der Waals surface area contributed by atoms with Gasteiger partial charge in [-0.2, -0.15) is 0 Å². The zero-order valence-electron chi connectivity index (χ0n) is 14.7. The van der Waals surface area contributed by atoms with Gasteiger partial charge in [0.1, 0.15) is 11.9 Å². The van der Waals surface area contributed by atoms with Crippen LogP contribution in [0.5, 0.6) is 0 Å². The molecule has 134 valence electrons. The van der Waals surface area contributed by atoms with Crippen LogP contribution >= 0.6 is 0 Å². The van der Waals surface area contributed by atoms with Crippen molar-refractivity contribution in [1.29, 1.82) is 0 Å². The highest BCUT2D eigenvalue weighted by molar-refractivity contribution is 5.96. The fraction of sp³-hybridized carbons (Fsp3) is 0.368. The Kier molecular flexibility index (Phi) is 5.98. The molecule has 0 aliphatic rings. The Labute approximate surface area is 147 Å². The van der Waals surface area contributed by atoms with Gasteiger partial charge in [0.25, 0.3) is 5.91 Å². The summed E-state index contributed by atoms with van der Waals surface area (Å²) in [6.07, 6.45) is 0.533. The second-order valence-corrected chi connectivity index (χ2v) is 6.85. The highest BCUT2D eigenvalue weighted by atomic mass is 16.4. The first-order valence-corrected chi connectivity index (χ1v) is 8.14. The Hall–Kier alpha value is -2.60. The molecule has 1 unspecified atom stereocenters. The molecule has 0 bridgehead atoms. The first-order chi connectivity index (χ1) is 11.8. The third-order valence-corrected chi connectivity index (χ3v) is 3.79. The number of hydrogen-bond acceptors (Lipinski definition) is 4. The van der Waals surface area contributed by atoms with E-state index in [1.165, 1.54) is 6.26 Å². The van der Waals surface area contributed by atoms with Crippen molar-refractivity contribution in [3.63, 3.8) is 0 Å². The summed E-state index contributed by atoms with van der Waals surface area (Å²) in [6.45, 7) is 6.16. The largest absolute Gasteiger partial charge is 0.467 e. The Balaban J connectivity index is 1.78. The molecule has 1 aromatic carbocycles. The summed E-state index contributed by atoms with van der Waals surface area (Å²) in [6, 6.07) is 10.6. The molecule has 0 aliphatic heterocycles. The van der Waals surface area contributed by atoms with Gasteiger partial charge in [-0.15, -0.1) is 0 Å². The number of carbonyl (C=O) groups is 2. The van der Waals surface area contributed by atoms with E-state index in [-0.39, 0.29) is 30.3 Å². The number of benzene rings is 1. The average molecular weight is 344 g/mol. The van der Waals surface area contributed by atoms with E-state index in [9.17, 15) is 14.7 Å². The molecule has 0 aliphatic carbocycles. The normalized spacial score (nSPS) is 12.5. The van der Waals surface area contributed by atoms with E-state index in [0.29, 0.717) is 11.3 Å². The first kappa shape index (κ1) is 18.7. The molecule has 2 rings (SSSR count). The van der Waals surface area contributed by atoms with Gasteiger partial charge < -0.3 is 20.2 Å². The van der Waals surface area contributed by atoms with Gasteiger partial charge in [-0.3, -0.25) is 9.59 Å². The van der Waals surface area contributed by atoms with Crippen LogP contribution < -0.4 is 10.6 Å². The number of furan rings is 1. The molecular formula is C19H24N2O4. The Morgan fingerprint density at radius 1 is 1.12 bits per heavy atom. The minimum absolute atomic E-state index is 0.0164. The minimum Gasteiger partial charge on any atom is -0.467 e. The number of nitrogens with one attached hydrogen (secondary N) is 2. The summed E-state index contributed by atoms with van der Waals surface area (Å²) >= 11 is 0. The molecule has 25 heavy (non-hydrogen) atoms. The molecule has 2 amide bonds. The molecule has 1 aromatic heterocycles. The van der Waals surface area contributed by atoms with Crippen molar-refractivity contribution in [3.05, 3.63) is 59.5 Å². The van der Waals surface area contributed by atoms with Gasteiger partial charge in [-0.1, -0.05) is 32.9 Å². The second-order valence-electron chi connectivity index (χ2n) is 6.85. The van der Waals surface area contributed by atoms with Crippen molar-refractivity contribution in [2.45, 2.75) is 32.3 Å². The van der Waals surface area contributed by atoms with Crippen LogP contribution in [-0.4, -0.2) is 30.0 Å². The lowest BCUT2D eigenvalue weighted by molar-refractivity contribution is -0.120. The first-order valence-electron chi connectivity index (χ1n) is 8.14. The maximum Gasteiger partial charge on any atom is 0.251 e. The van der Waals surface area contributed by atoms with Gasteiger partial charge in [0, 0.05) is 5.56 Å². The second kappa shape index (κ2) is 7.98. The van der Waals surface area contributed by atoms with Crippen LogP contribution in [0.15, 0.2) is 47.1 Å². The topological polar surface area (TPSA) is 91.6 Å². The average Bonchev–Trinajstić information content (AvgIpc) is 3.11. The number of hydrogen-bond donors (Lipinski definition) is 3. The lowest BCUT2D eigenvalue weighted by Crippen LogP contribution is -2.38. The maximum atomic E-state index is 12.1. The molecular weight excluding hydrogens is 320 g/mol. The number of carbonyl (C=O) groups excluding carboxylic acids is 2. The van der Waals surface area contributed by atoms with Gasteiger partial charge in [-0.05, 0) is 35.2 Å². The van der Waals surface area contributed by atoms with Crippen LogP contribution in [0.2, 0.25) is 0 Å². The van der Waals surface area contributed by atoms with E-state index in [1.54, 1.807) is 24.3 Å². The predicted octanol–water partition coefficient (Wildman–Crippen LogP) is 2.16. The van der Waals surface area contributed by atoms with Crippen LogP contribution in [0.3, 0.4) is 0 Å². The van der Waals surface area contributed by atoms with Crippen LogP contribution in [0.4, 0.5) is 0 Å². The quantitative estimate of drug-likeness (QED) is 0.749. The van der Waals surface area contributed by atoms with Crippen LogP contribution in [0.25, 0.3) is 0 Å². The number of aliphatic hydroxyl groups excluding tert-OH is 1. The van der Waals surface area contributed by atoms with E-state index in [4.69, 9.17) is 4.42 Å².